The molecule has 25 heavy (non-hydrogen) atoms. The number of esters is 1. The van der Waals surface area contributed by atoms with Gasteiger partial charge in [-0.15, -0.1) is 11.3 Å². The molecule has 0 spiro atoms. The van der Waals surface area contributed by atoms with Crippen LogP contribution in [0.1, 0.15) is 34.9 Å². The average molecular weight is 356 g/mol. The average Bonchev–Trinajstić information content (AvgIpc) is 3.03. The molecule has 0 radical (unpaired) electrons. The molecule has 7 heteroatoms. The zero-order valence-corrected chi connectivity index (χ0v) is 15.2. The van der Waals surface area contributed by atoms with Gasteiger partial charge >= 0.3 is 5.97 Å². The lowest BCUT2D eigenvalue weighted by molar-refractivity contribution is 0.0526. The van der Waals surface area contributed by atoms with Gasteiger partial charge in [0.25, 0.3) is 0 Å². The maximum Gasteiger partial charge on any atom is 0.338 e. The first kappa shape index (κ1) is 18.5. The molecular formula is C18H20N4O2S. The molecule has 1 aromatic carbocycles. The zero-order valence-electron chi connectivity index (χ0n) is 14.4. The maximum atomic E-state index is 11.9. The minimum Gasteiger partial charge on any atom is -0.462 e. The summed E-state index contributed by atoms with van der Waals surface area (Å²) in [6.45, 7) is 6.68. The normalized spacial score (nSPS) is 10.9. The minimum absolute atomic E-state index is 0.318. The molecule has 1 aromatic heterocycles. The van der Waals surface area contributed by atoms with Crippen LogP contribution < -0.4 is 10.6 Å². The second-order valence-corrected chi connectivity index (χ2v) is 5.98. The van der Waals surface area contributed by atoms with Gasteiger partial charge in [0, 0.05) is 23.8 Å². The van der Waals surface area contributed by atoms with Crippen molar-refractivity contribution in [2.24, 2.45) is 0 Å². The van der Waals surface area contributed by atoms with Gasteiger partial charge in [-0.2, -0.15) is 5.26 Å². The van der Waals surface area contributed by atoms with E-state index in [9.17, 15) is 10.1 Å². The summed E-state index contributed by atoms with van der Waals surface area (Å²) < 4.78 is 5.04. The third kappa shape index (κ3) is 4.81. The molecule has 0 bridgehead atoms. The van der Waals surface area contributed by atoms with E-state index in [1.165, 1.54) is 11.3 Å². The second-order valence-electron chi connectivity index (χ2n) is 5.12. The summed E-state index contributed by atoms with van der Waals surface area (Å²) in [5.41, 5.74) is 3.27. The summed E-state index contributed by atoms with van der Waals surface area (Å²) in [5.74, 6) is -0.381. The van der Waals surface area contributed by atoms with Crippen molar-refractivity contribution in [3.8, 4) is 6.07 Å². The predicted octanol–water partition coefficient (Wildman–Crippen LogP) is 4.04. The van der Waals surface area contributed by atoms with Crippen LogP contribution in [0.4, 0.5) is 11.4 Å². The molecule has 2 aromatic rings. The van der Waals surface area contributed by atoms with Gasteiger partial charge in [0.2, 0.25) is 0 Å². The molecule has 0 amide bonds. The Hall–Kier alpha value is -2.85. The Labute approximate surface area is 151 Å². The molecule has 6 nitrogen and oxygen atoms in total. The summed E-state index contributed by atoms with van der Waals surface area (Å²) in [6.07, 6.45) is 1.60. The number of nitrogens with one attached hydrogen (secondary N) is 2. The topological polar surface area (TPSA) is 87.0 Å². The Balaban J connectivity index is 2.31. The molecule has 130 valence electrons. The van der Waals surface area contributed by atoms with Crippen LogP contribution in [0.5, 0.6) is 0 Å². The molecule has 0 fully saturated rings. The standard InChI is InChI=1S/C18H20N4O2S/c1-4-20-15-7-6-13(18(23)24-5-2)8-16(15)21-10-14(9-19)17-22-12(3)11-25-17/h6-8,10-11,20-21H,4-5H2,1-3H3/b14-10+. The Bertz CT molecular complexity index is 821. The van der Waals surface area contributed by atoms with Crippen molar-refractivity contribution in [2.45, 2.75) is 20.8 Å². The van der Waals surface area contributed by atoms with Crippen molar-refractivity contribution >= 4 is 34.3 Å². The molecule has 2 N–H and O–H groups in total. The number of ether oxygens (including phenoxy) is 1. The molecule has 0 aliphatic rings. The molecule has 0 atom stereocenters. The Morgan fingerprint density at radius 2 is 2.20 bits per heavy atom. The molecule has 2 rings (SSSR count). The van der Waals surface area contributed by atoms with Gasteiger partial charge in [-0.25, -0.2) is 9.78 Å². The van der Waals surface area contributed by atoms with Crippen molar-refractivity contribution in [3.63, 3.8) is 0 Å². The van der Waals surface area contributed by atoms with E-state index >= 15 is 0 Å². The van der Waals surface area contributed by atoms with Crippen LogP contribution in [-0.2, 0) is 4.74 Å². The van der Waals surface area contributed by atoms with Crippen LogP contribution in [0.25, 0.3) is 5.57 Å². The summed E-state index contributed by atoms with van der Waals surface area (Å²) in [5, 5.41) is 18.2. The van der Waals surface area contributed by atoms with Crippen molar-refractivity contribution in [3.05, 3.63) is 46.0 Å². The summed E-state index contributed by atoms with van der Waals surface area (Å²) >= 11 is 1.41. The van der Waals surface area contributed by atoms with E-state index in [1.54, 1.807) is 25.3 Å². The van der Waals surface area contributed by atoms with Crippen LogP contribution in [0.2, 0.25) is 0 Å². The van der Waals surface area contributed by atoms with Gasteiger partial charge in [-0.1, -0.05) is 0 Å². The number of hydrogen-bond acceptors (Lipinski definition) is 7. The molecule has 0 unspecified atom stereocenters. The highest BCUT2D eigenvalue weighted by Gasteiger charge is 2.11. The lowest BCUT2D eigenvalue weighted by atomic mass is 10.1. The Morgan fingerprint density at radius 1 is 1.40 bits per heavy atom. The van der Waals surface area contributed by atoms with E-state index in [4.69, 9.17) is 4.74 Å². The van der Waals surface area contributed by atoms with Crippen LogP contribution in [-0.4, -0.2) is 24.1 Å². The molecular weight excluding hydrogens is 336 g/mol. The minimum atomic E-state index is -0.381. The first-order valence-corrected chi connectivity index (χ1v) is 8.81. The lowest BCUT2D eigenvalue weighted by Crippen LogP contribution is -2.07. The fraction of sp³-hybridized carbons (Fsp3) is 0.278. The van der Waals surface area contributed by atoms with Gasteiger partial charge < -0.3 is 15.4 Å². The highest BCUT2D eigenvalue weighted by atomic mass is 32.1. The monoisotopic (exact) mass is 356 g/mol. The van der Waals surface area contributed by atoms with Crippen LogP contribution in [0, 0.1) is 18.3 Å². The number of rotatable bonds is 7. The molecule has 0 aliphatic carbocycles. The third-order valence-electron chi connectivity index (χ3n) is 3.24. The molecule has 1 heterocycles. The largest absolute Gasteiger partial charge is 0.462 e. The highest BCUT2D eigenvalue weighted by Crippen LogP contribution is 2.25. The predicted molar refractivity (Wildman–Crippen MR) is 101 cm³/mol. The SMILES string of the molecule is CCNc1ccc(C(=O)OCC)cc1N/C=C(\C#N)c1nc(C)cs1. The van der Waals surface area contributed by atoms with Crippen LogP contribution in [0.3, 0.4) is 0 Å². The first-order chi connectivity index (χ1) is 12.1. The fourth-order valence-electron chi connectivity index (χ4n) is 2.12. The van der Waals surface area contributed by atoms with E-state index in [1.807, 2.05) is 25.3 Å². The lowest BCUT2D eigenvalue weighted by Gasteiger charge is -2.12. The molecule has 0 saturated heterocycles. The van der Waals surface area contributed by atoms with Crippen molar-refractivity contribution in [1.82, 2.24) is 4.98 Å². The number of carbonyl (C=O) groups is 1. The van der Waals surface area contributed by atoms with E-state index in [0.29, 0.717) is 28.4 Å². The Kier molecular flexibility index (Phi) is 6.54. The van der Waals surface area contributed by atoms with Gasteiger partial charge in [-0.05, 0) is 39.0 Å². The van der Waals surface area contributed by atoms with Crippen molar-refractivity contribution in [1.29, 1.82) is 5.26 Å². The number of nitriles is 1. The molecule has 0 saturated carbocycles. The van der Waals surface area contributed by atoms with Crippen LogP contribution in [0.15, 0.2) is 29.8 Å². The quantitative estimate of drug-likeness (QED) is 0.575. The highest BCUT2D eigenvalue weighted by molar-refractivity contribution is 7.10. The van der Waals surface area contributed by atoms with Crippen molar-refractivity contribution < 1.29 is 9.53 Å². The van der Waals surface area contributed by atoms with E-state index < -0.39 is 0 Å². The van der Waals surface area contributed by atoms with Crippen LogP contribution >= 0.6 is 11.3 Å². The van der Waals surface area contributed by atoms with Gasteiger partial charge in [0.15, 0.2) is 0 Å². The summed E-state index contributed by atoms with van der Waals surface area (Å²) in [7, 11) is 0. The zero-order chi connectivity index (χ0) is 18.2. The van der Waals surface area contributed by atoms with Gasteiger partial charge in [0.05, 0.1) is 23.5 Å². The number of anilines is 2. The number of nitrogens with zero attached hydrogens (tertiary/aromatic N) is 2. The number of aromatic nitrogens is 1. The number of benzene rings is 1. The van der Waals surface area contributed by atoms with Crippen molar-refractivity contribution in [2.75, 3.05) is 23.8 Å². The number of carbonyl (C=O) groups excluding carboxylic acids is 1. The number of allylic oxidation sites excluding steroid dienone is 1. The second kappa shape index (κ2) is 8.85. The number of hydrogen-bond donors (Lipinski definition) is 2. The summed E-state index contributed by atoms with van der Waals surface area (Å²) in [4.78, 5) is 16.3. The van der Waals surface area contributed by atoms with E-state index in [2.05, 4.69) is 21.7 Å². The van der Waals surface area contributed by atoms with E-state index in [-0.39, 0.29) is 5.97 Å². The number of thiazole rings is 1. The number of aryl methyl sites for hydroxylation is 1. The van der Waals surface area contributed by atoms with Gasteiger partial charge in [0.1, 0.15) is 16.6 Å². The first-order valence-electron chi connectivity index (χ1n) is 7.93. The van der Waals surface area contributed by atoms with E-state index in [0.717, 1.165) is 17.9 Å². The molecule has 0 aliphatic heterocycles. The fourth-order valence-corrected chi connectivity index (χ4v) is 2.88. The third-order valence-corrected chi connectivity index (χ3v) is 4.23. The Morgan fingerprint density at radius 3 is 2.80 bits per heavy atom. The maximum absolute atomic E-state index is 11.9. The smallest absolute Gasteiger partial charge is 0.338 e. The van der Waals surface area contributed by atoms with Gasteiger partial charge in [-0.3, -0.25) is 0 Å². The summed E-state index contributed by atoms with van der Waals surface area (Å²) in [6, 6.07) is 7.37.